The summed E-state index contributed by atoms with van der Waals surface area (Å²) < 4.78 is 2.01. The number of hydrogen-bond acceptors (Lipinski definition) is 2. The SMILES string of the molecule is CCCc1ccccc1NCc1cnn(CCC)c1. The number of anilines is 1. The molecule has 3 heteroatoms. The first-order chi connectivity index (χ1) is 9.33. The van der Waals surface area contributed by atoms with Gasteiger partial charge in [-0.3, -0.25) is 4.68 Å². The lowest BCUT2D eigenvalue weighted by Crippen LogP contribution is -2.02. The minimum atomic E-state index is 0.838. The molecule has 0 spiro atoms. The Kier molecular flexibility index (Phi) is 5.01. The Morgan fingerprint density at radius 1 is 1.16 bits per heavy atom. The van der Waals surface area contributed by atoms with E-state index in [9.17, 15) is 0 Å². The van der Waals surface area contributed by atoms with Gasteiger partial charge in [-0.15, -0.1) is 0 Å². The summed E-state index contributed by atoms with van der Waals surface area (Å²) in [6, 6.07) is 8.55. The van der Waals surface area contributed by atoms with Crippen LogP contribution in [0.1, 0.15) is 37.8 Å². The fourth-order valence-electron chi connectivity index (χ4n) is 2.23. The Bertz CT molecular complexity index is 502. The number of aryl methyl sites for hydroxylation is 2. The third kappa shape index (κ3) is 3.85. The van der Waals surface area contributed by atoms with Crippen LogP contribution >= 0.6 is 0 Å². The van der Waals surface area contributed by atoms with Crippen LogP contribution in [0, 0.1) is 0 Å². The molecule has 0 aliphatic carbocycles. The quantitative estimate of drug-likeness (QED) is 0.816. The van der Waals surface area contributed by atoms with E-state index in [1.165, 1.54) is 23.2 Å². The molecule has 2 aromatic rings. The fraction of sp³-hybridized carbons (Fsp3) is 0.438. The van der Waals surface area contributed by atoms with Crippen LogP contribution in [0.3, 0.4) is 0 Å². The van der Waals surface area contributed by atoms with Gasteiger partial charge in [-0.25, -0.2) is 0 Å². The number of rotatable bonds is 7. The molecule has 0 radical (unpaired) electrons. The molecule has 3 nitrogen and oxygen atoms in total. The van der Waals surface area contributed by atoms with Gasteiger partial charge in [0.1, 0.15) is 0 Å². The van der Waals surface area contributed by atoms with Crippen LogP contribution in [-0.2, 0) is 19.5 Å². The number of nitrogens with zero attached hydrogens (tertiary/aromatic N) is 2. The summed E-state index contributed by atoms with van der Waals surface area (Å²) in [5.41, 5.74) is 3.87. The van der Waals surface area contributed by atoms with Crippen LogP contribution in [0.15, 0.2) is 36.7 Å². The molecule has 1 aromatic carbocycles. The van der Waals surface area contributed by atoms with Gasteiger partial charge >= 0.3 is 0 Å². The molecule has 0 fully saturated rings. The summed E-state index contributed by atoms with van der Waals surface area (Å²) in [6.45, 7) is 6.21. The average Bonchev–Trinajstić information content (AvgIpc) is 2.86. The molecule has 1 aromatic heterocycles. The van der Waals surface area contributed by atoms with Crippen LogP contribution in [0.2, 0.25) is 0 Å². The highest BCUT2D eigenvalue weighted by Crippen LogP contribution is 2.17. The Balaban J connectivity index is 1.97. The van der Waals surface area contributed by atoms with Gasteiger partial charge in [0.05, 0.1) is 6.20 Å². The van der Waals surface area contributed by atoms with Crippen LogP contribution < -0.4 is 5.32 Å². The molecule has 0 bridgehead atoms. The van der Waals surface area contributed by atoms with E-state index in [4.69, 9.17) is 0 Å². The second kappa shape index (κ2) is 6.98. The highest BCUT2D eigenvalue weighted by molar-refractivity contribution is 5.51. The predicted molar refractivity (Wildman–Crippen MR) is 80.3 cm³/mol. The Labute approximate surface area is 115 Å². The molecular weight excluding hydrogens is 234 g/mol. The number of benzene rings is 1. The first kappa shape index (κ1) is 13.7. The van der Waals surface area contributed by atoms with Gasteiger partial charge in [-0.1, -0.05) is 38.5 Å². The van der Waals surface area contributed by atoms with Gasteiger partial charge < -0.3 is 5.32 Å². The Hall–Kier alpha value is -1.77. The van der Waals surface area contributed by atoms with Gasteiger partial charge in [0.15, 0.2) is 0 Å². The van der Waals surface area contributed by atoms with E-state index >= 15 is 0 Å². The summed E-state index contributed by atoms with van der Waals surface area (Å²) in [5.74, 6) is 0. The third-order valence-electron chi connectivity index (χ3n) is 3.16. The molecule has 0 unspecified atom stereocenters. The molecule has 102 valence electrons. The molecule has 0 atom stereocenters. The van der Waals surface area contributed by atoms with E-state index in [0.717, 1.165) is 25.9 Å². The summed E-state index contributed by atoms with van der Waals surface area (Å²) in [6.07, 6.45) is 7.49. The van der Waals surface area contributed by atoms with Crippen LogP contribution in [0.4, 0.5) is 5.69 Å². The molecule has 0 aliphatic heterocycles. The van der Waals surface area contributed by atoms with Crippen LogP contribution in [0.5, 0.6) is 0 Å². The molecule has 0 aliphatic rings. The van der Waals surface area contributed by atoms with E-state index in [1.54, 1.807) is 0 Å². The number of nitrogens with one attached hydrogen (secondary N) is 1. The Morgan fingerprint density at radius 3 is 2.79 bits per heavy atom. The second-order valence-electron chi connectivity index (χ2n) is 4.87. The van der Waals surface area contributed by atoms with Gasteiger partial charge in [0.2, 0.25) is 0 Å². The summed E-state index contributed by atoms with van der Waals surface area (Å²) >= 11 is 0. The van der Waals surface area contributed by atoms with Gasteiger partial charge in [-0.05, 0) is 24.5 Å². The largest absolute Gasteiger partial charge is 0.381 e. The van der Waals surface area contributed by atoms with E-state index in [-0.39, 0.29) is 0 Å². The molecule has 0 amide bonds. The predicted octanol–water partition coefficient (Wildman–Crippen LogP) is 3.86. The van der Waals surface area contributed by atoms with Crippen molar-refractivity contribution in [2.24, 2.45) is 0 Å². The van der Waals surface area contributed by atoms with E-state index < -0.39 is 0 Å². The standard InChI is InChI=1S/C16H23N3/c1-3-7-15-8-5-6-9-16(15)17-11-14-12-18-19(13-14)10-4-2/h5-6,8-9,12-13,17H,3-4,7,10-11H2,1-2H3. The molecule has 0 saturated carbocycles. The van der Waals surface area contributed by atoms with E-state index in [1.807, 2.05) is 10.9 Å². The summed E-state index contributed by atoms with van der Waals surface area (Å²) in [7, 11) is 0. The lowest BCUT2D eigenvalue weighted by Gasteiger charge is -2.10. The van der Waals surface area contributed by atoms with Crippen molar-refractivity contribution in [2.75, 3.05) is 5.32 Å². The fourth-order valence-corrected chi connectivity index (χ4v) is 2.23. The maximum absolute atomic E-state index is 4.35. The normalized spacial score (nSPS) is 10.6. The third-order valence-corrected chi connectivity index (χ3v) is 3.16. The minimum absolute atomic E-state index is 0.838. The minimum Gasteiger partial charge on any atom is -0.381 e. The first-order valence-corrected chi connectivity index (χ1v) is 7.16. The van der Waals surface area contributed by atoms with Crippen molar-refractivity contribution >= 4 is 5.69 Å². The molecule has 0 saturated heterocycles. The zero-order chi connectivity index (χ0) is 13.5. The molecule has 19 heavy (non-hydrogen) atoms. The lowest BCUT2D eigenvalue weighted by molar-refractivity contribution is 0.602. The molecule has 1 N–H and O–H groups in total. The monoisotopic (exact) mass is 257 g/mol. The average molecular weight is 257 g/mol. The van der Waals surface area contributed by atoms with Crippen molar-refractivity contribution in [3.8, 4) is 0 Å². The first-order valence-electron chi connectivity index (χ1n) is 7.16. The molecule has 1 heterocycles. The highest BCUT2D eigenvalue weighted by atomic mass is 15.3. The van der Waals surface area contributed by atoms with Crippen molar-refractivity contribution in [1.29, 1.82) is 0 Å². The maximum Gasteiger partial charge on any atom is 0.0539 e. The summed E-state index contributed by atoms with van der Waals surface area (Å²) in [4.78, 5) is 0. The Morgan fingerprint density at radius 2 is 2.00 bits per heavy atom. The van der Waals surface area contributed by atoms with Gasteiger partial charge in [0.25, 0.3) is 0 Å². The second-order valence-corrected chi connectivity index (χ2v) is 4.87. The van der Waals surface area contributed by atoms with Crippen molar-refractivity contribution in [2.45, 2.75) is 46.2 Å². The number of aromatic nitrogens is 2. The molecule has 2 rings (SSSR count). The summed E-state index contributed by atoms with van der Waals surface area (Å²) in [5, 5.41) is 7.87. The van der Waals surface area contributed by atoms with E-state index in [0.29, 0.717) is 0 Å². The van der Waals surface area contributed by atoms with Crippen LogP contribution in [-0.4, -0.2) is 9.78 Å². The topological polar surface area (TPSA) is 29.9 Å². The number of hydrogen-bond donors (Lipinski definition) is 1. The van der Waals surface area contributed by atoms with Gasteiger partial charge in [-0.2, -0.15) is 5.10 Å². The maximum atomic E-state index is 4.35. The van der Waals surface area contributed by atoms with Crippen LogP contribution in [0.25, 0.3) is 0 Å². The number of para-hydroxylation sites is 1. The van der Waals surface area contributed by atoms with Gasteiger partial charge in [0, 0.05) is 30.5 Å². The lowest BCUT2D eigenvalue weighted by atomic mass is 10.1. The smallest absolute Gasteiger partial charge is 0.0539 e. The molecular formula is C16H23N3. The van der Waals surface area contributed by atoms with Crippen molar-refractivity contribution in [1.82, 2.24) is 9.78 Å². The van der Waals surface area contributed by atoms with Crippen molar-refractivity contribution in [3.05, 3.63) is 47.8 Å². The van der Waals surface area contributed by atoms with E-state index in [2.05, 4.69) is 54.7 Å². The zero-order valence-electron chi connectivity index (χ0n) is 11.9. The van der Waals surface area contributed by atoms with Crippen molar-refractivity contribution in [3.63, 3.8) is 0 Å². The highest BCUT2D eigenvalue weighted by Gasteiger charge is 2.02. The van der Waals surface area contributed by atoms with Crippen molar-refractivity contribution < 1.29 is 0 Å². The zero-order valence-corrected chi connectivity index (χ0v) is 11.9.